The van der Waals surface area contributed by atoms with Crippen molar-refractivity contribution < 1.29 is 17.6 Å². The molecule has 6 nitrogen and oxygen atoms in total. The highest BCUT2D eigenvalue weighted by molar-refractivity contribution is 7.92. The van der Waals surface area contributed by atoms with Crippen molar-refractivity contribution in [3.63, 3.8) is 0 Å². The van der Waals surface area contributed by atoms with Crippen molar-refractivity contribution in [1.29, 1.82) is 0 Å². The molecule has 4 aromatic rings. The summed E-state index contributed by atoms with van der Waals surface area (Å²) in [5.74, 6) is -0.521. The number of para-hydroxylation sites is 1. The van der Waals surface area contributed by atoms with Gasteiger partial charge in [-0.25, -0.2) is 8.42 Å². The van der Waals surface area contributed by atoms with Gasteiger partial charge in [-0.1, -0.05) is 41.4 Å². The normalized spacial score (nSPS) is 11.7. The van der Waals surface area contributed by atoms with Gasteiger partial charge in [-0.2, -0.15) is 0 Å². The lowest BCUT2D eigenvalue weighted by Gasteiger charge is -2.22. The van der Waals surface area contributed by atoms with Crippen molar-refractivity contribution in [1.82, 2.24) is 0 Å². The lowest BCUT2D eigenvalue weighted by Crippen LogP contribution is -2.37. The number of carbonyl (C=O) groups is 1. The predicted octanol–water partition coefficient (Wildman–Crippen LogP) is 5.30. The summed E-state index contributed by atoms with van der Waals surface area (Å²) >= 11 is 12.0. The third-order valence-corrected chi connectivity index (χ3v) is 6.06. The Hall–Kier alpha value is -2.74. The number of amides is 1. The molecule has 1 heterocycles. The molecule has 154 valence electrons. The highest BCUT2D eigenvalue weighted by Crippen LogP contribution is 2.31. The number of sulfonamides is 1. The monoisotopic (exact) mass is 462 g/mol. The molecule has 3 aromatic carbocycles. The summed E-state index contributed by atoms with van der Waals surface area (Å²) in [7, 11) is -3.75. The van der Waals surface area contributed by atoms with Crippen LogP contribution in [0.3, 0.4) is 0 Å². The maximum atomic E-state index is 12.6. The van der Waals surface area contributed by atoms with Crippen LogP contribution in [0, 0.1) is 0 Å². The first-order chi connectivity index (χ1) is 14.2. The molecule has 0 atom stereocenters. The number of benzene rings is 3. The lowest BCUT2D eigenvalue weighted by molar-refractivity contribution is -0.114. The van der Waals surface area contributed by atoms with Crippen molar-refractivity contribution in [3.05, 3.63) is 70.7 Å². The predicted molar refractivity (Wildman–Crippen MR) is 121 cm³/mol. The van der Waals surface area contributed by atoms with Crippen molar-refractivity contribution >= 4 is 72.4 Å². The third-order valence-electron chi connectivity index (χ3n) is 4.49. The maximum Gasteiger partial charge on any atom is 0.245 e. The van der Waals surface area contributed by atoms with E-state index in [-0.39, 0.29) is 15.7 Å². The molecular formula is C21H16Cl2N2O4S. The van der Waals surface area contributed by atoms with Crippen LogP contribution in [0.2, 0.25) is 10.0 Å². The number of rotatable bonds is 5. The van der Waals surface area contributed by atoms with Gasteiger partial charge < -0.3 is 9.73 Å². The van der Waals surface area contributed by atoms with Gasteiger partial charge >= 0.3 is 0 Å². The second-order valence-corrected chi connectivity index (χ2v) is 9.53. The molecule has 0 saturated heterocycles. The van der Waals surface area contributed by atoms with Gasteiger partial charge in [0.05, 0.1) is 11.9 Å². The molecule has 0 spiro atoms. The van der Waals surface area contributed by atoms with Gasteiger partial charge in [-0.15, -0.1) is 0 Å². The first-order valence-corrected chi connectivity index (χ1v) is 11.5. The maximum absolute atomic E-state index is 12.6. The van der Waals surface area contributed by atoms with E-state index in [9.17, 15) is 13.2 Å². The topological polar surface area (TPSA) is 79.6 Å². The molecule has 1 N–H and O–H groups in total. The highest BCUT2D eigenvalue weighted by Gasteiger charge is 2.22. The van der Waals surface area contributed by atoms with Crippen LogP contribution in [-0.2, 0) is 14.8 Å². The average molecular weight is 463 g/mol. The number of nitrogens with one attached hydrogen (secondary N) is 1. The minimum Gasteiger partial charge on any atom is -0.456 e. The molecule has 4 rings (SSSR count). The van der Waals surface area contributed by atoms with Crippen molar-refractivity contribution in [2.24, 2.45) is 0 Å². The van der Waals surface area contributed by atoms with Crippen LogP contribution in [-0.4, -0.2) is 27.1 Å². The first kappa shape index (κ1) is 20.5. The molecular weight excluding hydrogens is 447 g/mol. The Balaban J connectivity index is 1.59. The van der Waals surface area contributed by atoms with Crippen LogP contribution in [0.15, 0.2) is 65.1 Å². The van der Waals surface area contributed by atoms with Crippen molar-refractivity contribution in [3.8, 4) is 0 Å². The van der Waals surface area contributed by atoms with Crippen LogP contribution in [0.5, 0.6) is 0 Å². The zero-order valence-electron chi connectivity index (χ0n) is 15.7. The fraction of sp³-hybridized carbons (Fsp3) is 0.0952. The number of halogens is 2. The summed E-state index contributed by atoms with van der Waals surface area (Å²) in [6, 6.07) is 17.3. The van der Waals surface area contributed by atoms with Crippen LogP contribution in [0.1, 0.15) is 0 Å². The Kier molecular flexibility index (Phi) is 5.36. The SMILES string of the molecule is CS(=O)(=O)N(CC(=O)Nc1ccc2c(c1)oc1ccccc12)c1cc(Cl)cc(Cl)c1. The van der Waals surface area contributed by atoms with E-state index in [4.69, 9.17) is 27.6 Å². The zero-order valence-corrected chi connectivity index (χ0v) is 18.1. The number of carbonyl (C=O) groups excluding carboxylic acids is 1. The molecule has 0 aliphatic rings. The summed E-state index contributed by atoms with van der Waals surface area (Å²) in [4.78, 5) is 12.6. The third kappa shape index (κ3) is 4.23. The van der Waals surface area contributed by atoms with Gasteiger partial charge in [-0.3, -0.25) is 9.10 Å². The van der Waals surface area contributed by atoms with Crippen LogP contribution in [0.4, 0.5) is 11.4 Å². The van der Waals surface area contributed by atoms with E-state index in [0.717, 1.165) is 26.9 Å². The van der Waals surface area contributed by atoms with E-state index in [2.05, 4.69) is 5.32 Å². The molecule has 0 aliphatic carbocycles. The van der Waals surface area contributed by atoms with Crippen molar-refractivity contribution in [2.45, 2.75) is 0 Å². The van der Waals surface area contributed by atoms with Gasteiger partial charge in [0.2, 0.25) is 15.9 Å². The first-order valence-electron chi connectivity index (χ1n) is 8.86. The average Bonchev–Trinajstić information content (AvgIpc) is 3.02. The zero-order chi connectivity index (χ0) is 21.5. The number of anilines is 2. The molecule has 1 aromatic heterocycles. The van der Waals surface area contributed by atoms with E-state index >= 15 is 0 Å². The molecule has 30 heavy (non-hydrogen) atoms. The number of nitrogens with zero attached hydrogens (tertiary/aromatic N) is 1. The van der Waals surface area contributed by atoms with Crippen LogP contribution < -0.4 is 9.62 Å². The molecule has 0 bridgehead atoms. The number of hydrogen-bond donors (Lipinski definition) is 1. The van der Waals surface area contributed by atoms with Gasteiger partial charge in [0.1, 0.15) is 17.7 Å². The highest BCUT2D eigenvalue weighted by atomic mass is 35.5. The number of fused-ring (bicyclic) bond motifs is 3. The fourth-order valence-corrected chi connectivity index (χ4v) is 4.57. The molecule has 1 amide bonds. The van der Waals surface area contributed by atoms with Crippen LogP contribution in [0.25, 0.3) is 21.9 Å². The van der Waals surface area contributed by atoms with Gasteiger partial charge in [-0.05, 0) is 36.4 Å². The second kappa shape index (κ2) is 7.83. The minimum atomic E-state index is -3.75. The molecule has 0 aliphatic heterocycles. The number of furan rings is 1. The smallest absolute Gasteiger partial charge is 0.245 e. The van der Waals surface area contributed by atoms with Gasteiger partial charge in [0.25, 0.3) is 0 Å². The molecule has 0 unspecified atom stereocenters. The van der Waals surface area contributed by atoms with Crippen LogP contribution >= 0.6 is 23.2 Å². The van der Waals surface area contributed by atoms with E-state index < -0.39 is 22.5 Å². The quantitative estimate of drug-likeness (QED) is 0.436. The largest absolute Gasteiger partial charge is 0.456 e. The number of hydrogen-bond acceptors (Lipinski definition) is 4. The fourth-order valence-electron chi connectivity index (χ4n) is 3.22. The van der Waals surface area contributed by atoms with Gasteiger partial charge in [0, 0.05) is 32.6 Å². The Morgan fingerprint density at radius 3 is 2.33 bits per heavy atom. The van der Waals surface area contributed by atoms with E-state index in [1.807, 2.05) is 30.3 Å². The molecule has 0 fully saturated rings. The summed E-state index contributed by atoms with van der Waals surface area (Å²) in [6.07, 6.45) is 1.01. The summed E-state index contributed by atoms with van der Waals surface area (Å²) in [5.41, 5.74) is 2.06. The standard InChI is InChI=1S/C21H16Cl2N2O4S/c1-30(27,28)25(16-9-13(22)8-14(23)10-16)12-21(26)24-15-6-7-18-17-4-2-3-5-19(17)29-20(18)11-15/h2-11H,12H2,1H3,(H,24,26). The Morgan fingerprint density at radius 1 is 0.967 bits per heavy atom. The Morgan fingerprint density at radius 2 is 1.63 bits per heavy atom. The molecule has 0 saturated carbocycles. The summed E-state index contributed by atoms with van der Waals surface area (Å²) in [5, 5.41) is 5.14. The second-order valence-electron chi connectivity index (χ2n) is 6.75. The van der Waals surface area contributed by atoms with Crippen molar-refractivity contribution in [2.75, 3.05) is 22.4 Å². The van der Waals surface area contributed by atoms with Gasteiger partial charge in [0.15, 0.2) is 0 Å². The van der Waals surface area contributed by atoms with E-state index in [1.54, 1.807) is 12.1 Å². The molecule has 0 radical (unpaired) electrons. The Labute approximate surface area is 183 Å². The minimum absolute atomic E-state index is 0.206. The summed E-state index contributed by atoms with van der Waals surface area (Å²) in [6.45, 7) is -0.437. The van der Waals surface area contributed by atoms with E-state index in [1.165, 1.54) is 18.2 Å². The van der Waals surface area contributed by atoms with E-state index in [0.29, 0.717) is 11.3 Å². The Bertz CT molecular complexity index is 1360. The molecule has 9 heteroatoms. The lowest BCUT2D eigenvalue weighted by atomic mass is 10.1. The summed E-state index contributed by atoms with van der Waals surface area (Å²) < 4.78 is 31.3.